The lowest BCUT2D eigenvalue weighted by atomic mass is 9.93. The molecule has 54 heavy (non-hydrogen) atoms. The maximum absolute atomic E-state index is 6.76. The van der Waals surface area contributed by atoms with Gasteiger partial charge in [0.05, 0.1) is 17.6 Å². The third-order valence-corrected chi connectivity index (χ3v) is 10.2. The summed E-state index contributed by atoms with van der Waals surface area (Å²) in [4.78, 5) is 13.7. The molecular formula is C45H42N8O. The molecule has 9 heteroatoms. The number of anilines is 2. The number of para-hydroxylation sites is 3. The molecule has 0 bridgehead atoms. The van der Waals surface area contributed by atoms with E-state index in [2.05, 4.69) is 165 Å². The van der Waals surface area contributed by atoms with Gasteiger partial charge in [-0.25, -0.2) is 4.98 Å². The summed E-state index contributed by atoms with van der Waals surface area (Å²) in [5.74, 6) is 0.884. The first-order valence-electron chi connectivity index (χ1n) is 18.4. The molecule has 3 heterocycles. The van der Waals surface area contributed by atoms with Gasteiger partial charge in [0.2, 0.25) is 0 Å². The van der Waals surface area contributed by atoms with E-state index in [0.717, 1.165) is 78.9 Å². The molecule has 0 amide bonds. The van der Waals surface area contributed by atoms with Crippen LogP contribution >= 0.6 is 0 Å². The molecule has 0 aliphatic rings. The average molecular weight is 711 g/mol. The van der Waals surface area contributed by atoms with Crippen LogP contribution in [0.2, 0.25) is 0 Å². The summed E-state index contributed by atoms with van der Waals surface area (Å²) in [5.41, 5.74) is 12.1. The molecule has 0 aliphatic carbocycles. The fourth-order valence-electron chi connectivity index (χ4n) is 7.50. The van der Waals surface area contributed by atoms with Crippen LogP contribution in [0, 0.1) is 0 Å². The number of likely N-dealkylation sites (N-methyl/N-ethyl adjacent to an activating group) is 1. The van der Waals surface area contributed by atoms with E-state index in [0.29, 0.717) is 26.2 Å². The van der Waals surface area contributed by atoms with Crippen LogP contribution in [0.1, 0.15) is 5.56 Å². The van der Waals surface area contributed by atoms with Gasteiger partial charge in [-0.2, -0.15) is 5.10 Å². The number of H-pyrrole nitrogens is 2. The van der Waals surface area contributed by atoms with E-state index >= 15 is 0 Å². The van der Waals surface area contributed by atoms with E-state index in [1.165, 1.54) is 16.2 Å². The molecule has 268 valence electrons. The predicted molar refractivity (Wildman–Crippen MR) is 222 cm³/mol. The molecule has 0 aliphatic heterocycles. The summed E-state index contributed by atoms with van der Waals surface area (Å²) in [5, 5.41) is 16.4. The molecule has 0 radical (unpaired) electrons. The maximum Gasteiger partial charge on any atom is 0.149 e. The van der Waals surface area contributed by atoms with Gasteiger partial charge in [0.1, 0.15) is 25.0 Å². The Morgan fingerprint density at radius 1 is 0.704 bits per heavy atom. The fourth-order valence-corrected chi connectivity index (χ4v) is 7.50. The van der Waals surface area contributed by atoms with Gasteiger partial charge in [0, 0.05) is 74.7 Å². The second-order valence-electron chi connectivity index (χ2n) is 13.9. The Hall–Kier alpha value is -6.58. The van der Waals surface area contributed by atoms with Crippen LogP contribution in [-0.2, 0) is 13.1 Å². The number of hydrogen-bond acceptors (Lipinski definition) is 6. The van der Waals surface area contributed by atoms with Crippen molar-refractivity contribution < 1.29 is 4.74 Å². The van der Waals surface area contributed by atoms with Gasteiger partial charge in [0.15, 0.2) is 0 Å². The van der Waals surface area contributed by atoms with Gasteiger partial charge in [0.25, 0.3) is 0 Å². The minimum Gasteiger partial charge on any atom is -0.490 e. The van der Waals surface area contributed by atoms with Crippen molar-refractivity contribution in [2.75, 3.05) is 44.4 Å². The van der Waals surface area contributed by atoms with Gasteiger partial charge >= 0.3 is 0 Å². The Balaban J connectivity index is 1.17. The van der Waals surface area contributed by atoms with Crippen molar-refractivity contribution in [2.24, 2.45) is 0 Å². The number of ether oxygens (including phenoxy) is 1. The molecule has 0 saturated heterocycles. The van der Waals surface area contributed by atoms with Crippen LogP contribution in [0.4, 0.5) is 11.4 Å². The zero-order chi connectivity index (χ0) is 36.4. The molecule has 3 aromatic heterocycles. The van der Waals surface area contributed by atoms with Crippen molar-refractivity contribution in [1.29, 1.82) is 0 Å². The third kappa shape index (κ3) is 6.39. The highest BCUT2D eigenvalue weighted by molar-refractivity contribution is 6.14. The summed E-state index contributed by atoms with van der Waals surface area (Å²) in [6.45, 7) is 3.38. The van der Waals surface area contributed by atoms with Crippen molar-refractivity contribution in [3.63, 3.8) is 0 Å². The zero-order valence-electron chi connectivity index (χ0n) is 30.4. The predicted octanol–water partition coefficient (Wildman–Crippen LogP) is 9.55. The molecule has 0 fully saturated rings. The first-order valence-corrected chi connectivity index (χ1v) is 18.4. The van der Waals surface area contributed by atoms with Crippen molar-refractivity contribution in [1.82, 2.24) is 29.6 Å². The molecule has 9 aromatic rings. The number of nitrogens with one attached hydrogen (secondary N) is 4. The number of aromatic amines is 2. The Morgan fingerprint density at radius 3 is 2.15 bits per heavy atom. The molecule has 0 unspecified atom stereocenters. The minimum atomic E-state index is 0.569. The summed E-state index contributed by atoms with van der Waals surface area (Å²) in [6.07, 6.45) is 3.32. The van der Waals surface area contributed by atoms with Crippen LogP contribution in [0.15, 0.2) is 134 Å². The minimum absolute atomic E-state index is 0.569. The first-order chi connectivity index (χ1) is 26.6. The second-order valence-corrected chi connectivity index (χ2v) is 13.9. The van der Waals surface area contributed by atoms with Crippen molar-refractivity contribution in [3.8, 4) is 28.0 Å². The molecule has 9 nitrogen and oxygen atoms in total. The summed E-state index contributed by atoms with van der Waals surface area (Å²) in [6, 6.07) is 43.1. The van der Waals surface area contributed by atoms with Gasteiger partial charge in [-0.05, 0) is 67.2 Å². The maximum atomic E-state index is 6.76. The topological polar surface area (TPSA) is 98.8 Å². The smallest absolute Gasteiger partial charge is 0.149 e. The van der Waals surface area contributed by atoms with Crippen molar-refractivity contribution >= 4 is 55.0 Å². The highest BCUT2D eigenvalue weighted by Crippen LogP contribution is 2.43. The van der Waals surface area contributed by atoms with Crippen LogP contribution in [0.5, 0.6) is 5.75 Å². The van der Waals surface area contributed by atoms with E-state index in [1.807, 2.05) is 10.7 Å². The summed E-state index contributed by atoms with van der Waals surface area (Å²) in [7, 11) is 4.15. The Bertz CT molecular complexity index is 2690. The highest BCUT2D eigenvalue weighted by atomic mass is 16.5. The SMILES string of the molecule is CN(C)CCOc1c(CNc2ccccc2)c(-c2ccc(-c3c(NCCn4cncn4)ccc4c3[nH]c3ccccc34)cc2)cc2c1[nH]c1ccccc12. The van der Waals surface area contributed by atoms with E-state index in [4.69, 9.17) is 4.74 Å². The normalized spacial score (nSPS) is 11.7. The number of aromatic nitrogens is 5. The second kappa shape index (κ2) is 14.4. The average Bonchev–Trinajstić information content (AvgIpc) is 3.95. The highest BCUT2D eigenvalue weighted by Gasteiger charge is 2.21. The standard InChI is InChI=1S/C45H42N8O/c1-52(2)24-25-54-45-38(27-48-32-10-4-3-5-11-32)36(26-37-34-13-7-9-15-40(34)51-44(37)45)30-16-18-31(19-17-30)42-41(47-22-23-53-29-46-28-49-53)21-20-35-33-12-6-8-14-39(33)50-43(35)42/h3-21,26,28-29,47-48,50-51H,22-25,27H2,1-2H3. The largest absolute Gasteiger partial charge is 0.490 e. The van der Waals surface area contributed by atoms with E-state index in [1.54, 1.807) is 12.7 Å². The molecular weight excluding hydrogens is 669 g/mol. The van der Waals surface area contributed by atoms with Gasteiger partial charge in [-0.15, -0.1) is 0 Å². The van der Waals surface area contributed by atoms with E-state index in [9.17, 15) is 0 Å². The Kier molecular flexibility index (Phi) is 8.90. The van der Waals surface area contributed by atoms with Gasteiger partial charge in [-0.1, -0.05) is 84.9 Å². The van der Waals surface area contributed by atoms with E-state index < -0.39 is 0 Å². The molecule has 0 atom stereocenters. The quantitative estimate of drug-likeness (QED) is 0.0952. The van der Waals surface area contributed by atoms with Crippen LogP contribution in [0.3, 0.4) is 0 Å². The first kappa shape index (κ1) is 33.3. The Labute approximate surface area is 313 Å². The lowest BCUT2D eigenvalue weighted by Crippen LogP contribution is -2.20. The number of rotatable bonds is 13. The summed E-state index contributed by atoms with van der Waals surface area (Å²) < 4.78 is 8.60. The van der Waals surface area contributed by atoms with Crippen molar-refractivity contribution in [2.45, 2.75) is 13.1 Å². The summed E-state index contributed by atoms with van der Waals surface area (Å²) >= 11 is 0. The fraction of sp³-hybridized carbons (Fsp3) is 0.156. The van der Waals surface area contributed by atoms with Crippen LogP contribution in [-0.4, -0.2) is 63.4 Å². The Morgan fingerprint density at radius 2 is 1.41 bits per heavy atom. The molecule has 6 aromatic carbocycles. The molecule has 9 rings (SSSR count). The van der Waals surface area contributed by atoms with Gasteiger partial charge in [-0.3, -0.25) is 4.68 Å². The number of nitrogens with zero attached hydrogens (tertiary/aromatic N) is 4. The third-order valence-electron chi connectivity index (χ3n) is 10.2. The van der Waals surface area contributed by atoms with E-state index in [-0.39, 0.29) is 0 Å². The zero-order valence-corrected chi connectivity index (χ0v) is 30.4. The molecule has 4 N–H and O–H groups in total. The van der Waals surface area contributed by atoms with Crippen LogP contribution < -0.4 is 15.4 Å². The molecule has 0 saturated carbocycles. The number of hydrogen-bond donors (Lipinski definition) is 4. The number of benzene rings is 6. The lowest BCUT2D eigenvalue weighted by molar-refractivity contribution is 0.262. The van der Waals surface area contributed by atoms with Gasteiger partial charge < -0.3 is 30.2 Å². The lowest BCUT2D eigenvalue weighted by Gasteiger charge is -2.20. The number of fused-ring (bicyclic) bond motifs is 6. The van der Waals surface area contributed by atoms with Crippen LogP contribution in [0.25, 0.3) is 65.9 Å². The van der Waals surface area contributed by atoms with Crippen molar-refractivity contribution in [3.05, 3.63) is 140 Å². The monoisotopic (exact) mass is 710 g/mol. The molecule has 0 spiro atoms.